The van der Waals surface area contributed by atoms with Gasteiger partial charge in [-0.1, -0.05) is 6.92 Å². The number of pyridine rings is 1. The molecule has 1 atom stereocenters. The van der Waals surface area contributed by atoms with Gasteiger partial charge in [0, 0.05) is 48.8 Å². The Labute approximate surface area is 123 Å². The SMILES string of the molecule is CCNCc1cnc(C)cc1N1CCCC1CN(C)C. The summed E-state index contributed by atoms with van der Waals surface area (Å²) < 4.78 is 0. The number of aryl methyl sites for hydroxylation is 1. The van der Waals surface area contributed by atoms with Crippen LogP contribution in [0.2, 0.25) is 0 Å². The van der Waals surface area contributed by atoms with Gasteiger partial charge in [0.15, 0.2) is 0 Å². The molecule has 1 aliphatic heterocycles. The van der Waals surface area contributed by atoms with Gasteiger partial charge in [0.2, 0.25) is 0 Å². The molecule has 1 N–H and O–H groups in total. The van der Waals surface area contributed by atoms with Crippen LogP contribution in [0.5, 0.6) is 0 Å². The number of anilines is 1. The van der Waals surface area contributed by atoms with Gasteiger partial charge >= 0.3 is 0 Å². The molecule has 2 rings (SSSR count). The highest BCUT2D eigenvalue weighted by atomic mass is 15.2. The van der Waals surface area contributed by atoms with Crippen LogP contribution in [0.15, 0.2) is 12.3 Å². The molecule has 1 aliphatic rings. The molecule has 4 heteroatoms. The normalized spacial score (nSPS) is 19.1. The molecule has 0 amide bonds. The molecular formula is C16H28N4. The van der Waals surface area contributed by atoms with Crippen LogP contribution in [-0.4, -0.2) is 49.7 Å². The maximum absolute atomic E-state index is 4.47. The highest BCUT2D eigenvalue weighted by Crippen LogP contribution is 2.29. The van der Waals surface area contributed by atoms with E-state index in [9.17, 15) is 0 Å². The van der Waals surface area contributed by atoms with Gasteiger partial charge in [-0.25, -0.2) is 0 Å². The molecule has 0 bridgehead atoms. The van der Waals surface area contributed by atoms with E-state index in [1.807, 2.05) is 6.20 Å². The number of nitrogens with zero attached hydrogens (tertiary/aromatic N) is 3. The molecule has 0 aromatic carbocycles. The molecule has 1 aromatic rings. The summed E-state index contributed by atoms with van der Waals surface area (Å²) in [6, 6.07) is 2.88. The van der Waals surface area contributed by atoms with E-state index < -0.39 is 0 Å². The number of hydrogen-bond acceptors (Lipinski definition) is 4. The van der Waals surface area contributed by atoms with Gasteiger partial charge in [-0.05, 0) is 46.5 Å². The first-order chi connectivity index (χ1) is 9.61. The average molecular weight is 276 g/mol. The molecule has 0 radical (unpaired) electrons. The molecule has 0 saturated carbocycles. The molecule has 2 heterocycles. The van der Waals surface area contributed by atoms with Crippen molar-refractivity contribution in [1.82, 2.24) is 15.2 Å². The van der Waals surface area contributed by atoms with Crippen molar-refractivity contribution in [2.75, 3.05) is 38.6 Å². The minimum atomic E-state index is 0.632. The van der Waals surface area contributed by atoms with E-state index in [4.69, 9.17) is 0 Å². The van der Waals surface area contributed by atoms with Gasteiger partial charge in [-0.2, -0.15) is 0 Å². The summed E-state index contributed by atoms with van der Waals surface area (Å²) in [6.07, 6.45) is 4.62. The first-order valence-electron chi connectivity index (χ1n) is 7.69. The van der Waals surface area contributed by atoms with E-state index >= 15 is 0 Å². The molecule has 20 heavy (non-hydrogen) atoms. The third-order valence-electron chi connectivity index (χ3n) is 3.93. The lowest BCUT2D eigenvalue weighted by Crippen LogP contribution is -2.38. The quantitative estimate of drug-likeness (QED) is 0.861. The lowest BCUT2D eigenvalue weighted by Gasteiger charge is -2.31. The molecule has 1 aromatic heterocycles. The number of likely N-dealkylation sites (N-methyl/N-ethyl adjacent to an activating group) is 1. The minimum Gasteiger partial charge on any atom is -0.367 e. The van der Waals surface area contributed by atoms with Gasteiger partial charge in [-0.15, -0.1) is 0 Å². The second-order valence-corrected chi connectivity index (χ2v) is 5.99. The van der Waals surface area contributed by atoms with Crippen LogP contribution in [0, 0.1) is 6.92 Å². The Balaban J connectivity index is 2.22. The van der Waals surface area contributed by atoms with E-state index in [1.54, 1.807) is 0 Å². The predicted molar refractivity (Wildman–Crippen MR) is 85.3 cm³/mol. The van der Waals surface area contributed by atoms with Crippen molar-refractivity contribution < 1.29 is 0 Å². The minimum absolute atomic E-state index is 0.632. The summed E-state index contributed by atoms with van der Waals surface area (Å²) >= 11 is 0. The highest BCUT2D eigenvalue weighted by molar-refractivity contribution is 5.55. The van der Waals surface area contributed by atoms with Crippen LogP contribution in [0.3, 0.4) is 0 Å². The standard InChI is InChI=1S/C16H28N4/c1-5-17-10-14-11-18-13(2)9-16(14)20-8-6-7-15(20)12-19(3)4/h9,11,15,17H,5-8,10,12H2,1-4H3. The summed E-state index contributed by atoms with van der Waals surface area (Å²) in [4.78, 5) is 9.35. The lowest BCUT2D eigenvalue weighted by molar-refractivity contribution is 0.372. The number of rotatable bonds is 6. The molecular weight excluding hydrogens is 248 g/mol. The molecule has 0 aliphatic carbocycles. The van der Waals surface area contributed by atoms with Crippen LogP contribution in [0.25, 0.3) is 0 Å². The smallest absolute Gasteiger partial charge is 0.0448 e. The molecule has 112 valence electrons. The summed E-state index contributed by atoms with van der Waals surface area (Å²) in [5.74, 6) is 0. The van der Waals surface area contributed by atoms with Crippen molar-refractivity contribution in [3.05, 3.63) is 23.5 Å². The van der Waals surface area contributed by atoms with Crippen molar-refractivity contribution in [3.8, 4) is 0 Å². The van der Waals surface area contributed by atoms with Crippen LogP contribution >= 0.6 is 0 Å². The van der Waals surface area contributed by atoms with Crippen molar-refractivity contribution in [2.24, 2.45) is 0 Å². The number of aromatic nitrogens is 1. The highest BCUT2D eigenvalue weighted by Gasteiger charge is 2.26. The maximum atomic E-state index is 4.47. The second-order valence-electron chi connectivity index (χ2n) is 5.99. The Hall–Kier alpha value is -1.13. The van der Waals surface area contributed by atoms with Gasteiger partial charge in [0.1, 0.15) is 0 Å². The van der Waals surface area contributed by atoms with E-state index in [0.717, 1.165) is 25.3 Å². The fourth-order valence-electron chi connectivity index (χ4n) is 3.00. The Bertz CT molecular complexity index is 430. The topological polar surface area (TPSA) is 31.4 Å². The molecule has 4 nitrogen and oxygen atoms in total. The zero-order valence-corrected chi connectivity index (χ0v) is 13.3. The van der Waals surface area contributed by atoms with Crippen LogP contribution in [0.4, 0.5) is 5.69 Å². The Morgan fingerprint density at radius 3 is 2.95 bits per heavy atom. The predicted octanol–water partition coefficient (Wildman–Crippen LogP) is 2.03. The van der Waals surface area contributed by atoms with E-state index in [2.05, 4.69) is 54.1 Å². The van der Waals surface area contributed by atoms with E-state index in [-0.39, 0.29) is 0 Å². The van der Waals surface area contributed by atoms with Crippen LogP contribution in [-0.2, 0) is 6.54 Å². The van der Waals surface area contributed by atoms with Crippen molar-refractivity contribution in [3.63, 3.8) is 0 Å². The third-order valence-corrected chi connectivity index (χ3v) is 3.93. The monoisotopic (exact) mass is 276 g/mol. The van der Waals surface area contributed by atoms with Gasteiger partial charge in [0.05, 0.1) is 0 Å². The molecule has 1 fully saturated rings. The number of nitrogens with one attached hydrogen (secondary N) is 1. The lowest BCUT2D eigenvalue weighted by atomic mass is 10.1. The second kappa shape index (κ2) is 7.04. The Morgan fingerprint density at radius 1 is 1.45 bits per heavy atom. The Morgan fingerprint density at radius 2 is 2.25 bits per heavy atom. The first kappa shape index (κ1) is 15.3. The third kappa shape index (κ3) is 3.70. The fourth-order valence-corrected chi connectivity index (χ4v) is 3.00. The summed E-state index contributed by atoms with van der Waals surface area (Å²) in [5.41, 5.74) is 3.81. The van der Waals surface area contributed by atoms with Crippen LogP contribution < -0.4 is 10.2 Å². The molecule has 1 unspecified atom stereocenters. The molecule has 1 saturated heterocycles. The van der Waals surface area contributed by atoms with Crippen molar-refractivity contribution >= 4 is 5.69 Å². The van der Waals surface area contributed by atoms with Crippen molar-refractivity contribution in [1.29, 1.82) is 0 Å². The maximum Gasteiger partial charge on any atom is 0.0448 e. The van der Waals surface area contributed by atoms with Gasteiger partial charge in [-0.3, -0.25) is 4.98 Å². The van der Waals surface area contributed by atoms with Crippen molar-refractivity contribution in [2.45, 2.75) is 39.3 Å². The van der Waals surface area contributed by atoms with E-state index in [1.165, 1.54) is 30.6 Å². The number of hydrogen-bond donors (Lipinski definition) is 1. The van der Waals surface area contributed by atoms with E-state index in [0.29, 0.717) is 6.04 Å². The summed E-state index contributed by atoms with van der Waals surface area (Å²) in [5, 5.41) is 3.43. The Kier molecular flexibility index (Phi) is 5.38. The summed E-state index contributed by atoms with van der Waals surface area (Å²) in [7, 11) is 4.32. The first-order valence-corrected chi connectivity index (χ1v) is 7.69. The van der Waals surface area contributed by atoms with Crippen LogP contribution in [0.1, 0.15) is 31.0 Å². The summed E-state index contributed by atoms with van der Waals surface area (Å²) in [6.45, 7) is 8.42. The largest absolute Gasteiger partial charge is 0.367 e. The van der Waals surface area contributed by atoms with Gasteiger partial charge in [0.25, 0.3) is 0 Å². The zero-order chi connectivity index (χ0) is 14.5. The van der Waals surface area contributed by atoms with Gasteiger partial charge < -0.3 is 15.1 Å². The fraction of sp³-hybridized carbons (Fsp3) is 0.688. The average Bonchev–Trinajstić information content (AvgIpc) is 2.84. The molecule has 0 spiro atoms. The zero-order valence-electron chi connectivity index (χ0n) is 13.3.